The van der Waals surface area contributed by atoms with E-state index < -0.39 is 5.92 Å². The summed E-state index contributed by atoms with van der Waals surface area (Å²) < 4.78 is 13.1. The number of halogens is 1. The average Bonchev–Trinajstić information content (AvgIpc) is 3.34. The number of amides is 2. The Kier molecular flexibility index (Phi) is 5.86. The van der Waals surface area contributed by atoms with Crippen molar-refractivity contribution >= 4 is 45.7 Å². The van der Waals surface area contributed by atoms with E-state index >= 15 is 0 Å². The zero-order valence-corrected chi connectivity index (χ0v) is 16.9. The van der Waals surface area contributed by atoms with Gasteiger partial charge in [0.2, 0.25) is 16.9 Å². The molecule has 1 saturated heterocycles. The lowest BCUT2D eigenvalue weighted by Gasteiger charge is -2.16. The Hall–Kier alpha value is -2.78. The standard InChI is InChI=1S/C20H17FN4O2S2/c21-14-6-8-15(9-7-14)25-11-13(10-18(25)26)19(27)22-20-24-23-17(29-20)12-28-16-4-2-1-3-5-16/h1-9,13H,10-12H2,(H,22,24,27). The van der Waals surface area contributed by atoms with Crippen molar-refractivity contribution in [1.82, 2.24) is 10.2 Å². The molecule has 1 aliphatic rings. The summed E-state index contributed by atoms with van der Waals surface area (Å²) in [7, 11) is 0. The van der Waals surface area contributed by atoms with E-state index in [1.807, 2.05) is 30.3 Å². The van der Waals surface area contributed by atoms with Gasteiger partial charge >= 0.3 is 0 Å². The molecule has 1 atom stereocenters. The summed E-state index contributed by atoms with van der Waals surface area (Å²) in [6, 6.07) is 15.6. The Morgan fingerprint density at radius 2 is 1.93 bits per heavy atom. The first-order chi connectivity index (χ1) is 14.1. The molecule has 0 saturated carbocycles. The highest BCUT2D eigenvalue weighted by Crippen LogP contribution is 2.28. The van der Waals surface area contributed by atoms with Crippen molar-refractivity contribution in [3.63, 3.8) is 0 Å². The van der Waals surface area contributed by atoms with Crippen LogP contribution in [0.4, 0.5) is 15.2 Å². The molecule has 0 aliphatic carbocycles. The van der Waals surface area contributed by atoms with E-state index in [4.69, 9.17) is 0 Å². The van der Waals surface area contributed by atoms with Gasteiger partial charge in [0.15, 0.2) is 0 Å². The number of rotatable bonds is 6. The Labute approximate surface area is 175 Å². The fourth-order valence-electron chi connectivity index (χ4n) is 2.99. The third kappa shape index (κ3) is 4.80. The minimum Gasteiger partial charge on any atom is -0.312 e. The molecule has 148 valence electrons. The lowest BCUT2D eigenvalue weighted by molar-refractivity contribution is -0.122. The topological polar surface area (TPSA) is 75.2 Å². The smallest absolute Gasteiger partial charge is 0.231 e. The van der Waals surface area contributed by atoms with E-state index in [0.717, 1.165) is 9.90 Å². The van der Waals surface area contributed by atoms with Crippen molar-refractivity contribution in [2.45, 2.75) is 17.1 Å². The van der Waals surface area contributed by atoms with Gasteiger partial charge in [-0.2, -0.15) is 0 Å². The molecule has 2 amide bonds. The van der Waals surface area contributed by atoms with Gasteiger partial charge in [0.05, 0.1) is 11.7 Å². The van der Waals surface area contributed by atoms with Crippen LogP contribution in [-0.2, 0) is 15.3 Å². The van der Waals surface area contributed by atoms with Gasteiger partial charge in [0.1, 0.15) is 10.8 Å². The number of anilines is 2. The minimum atomic E-state index is -0.487. The van der Waals surface area contributed by atoms with Gasteiger partial charge in [-0.25, -0.2) is 4.39 Å². The molecule has 4 rings (SSSR count). The number of thioether (sulfide) groups is 1. The molecule has 29 heavy (non-hydrogen) atoms. The lowest BCUT2D eigenvalue weighted by Crippen LogP contribution is -2.28. The first-order valence-electron chi connectivity index (χ1n) is 8.95. The SMILES string of the molecule is O=C(Nc1nnc(CSc2ccccc2)s1)C1CC(=O)N(c2ccc(F)cc2)C1. The Balaban J connectivity index is 1.33. The van der Waals surface area contributed by atoms with Crippen LogP contribution < -0.4 is 10.2 Å². The molecule has 1 aliphatic heterocycles. The molecule has 3 aromatic rings. The van der Waals surface area contributed by atoms with E-state index in [1.54, 1.807) is 11.8 Å². The summed E-state index contributed by atoms with van der Waals surface area (Å²) in [5.41, 5.74) is 0.586. The second kappa shape index (κ2) is 8.71. The van der Waals surface area contributed by atoms with Gasteiger partial charge in [-0.05, 0) is 36.4 Å². The van der Waals surface area contributed by atoms with Gasteiger partial charge in [-0.15, -0.1) is 22.0 Å². The monoisotopic (exact) mass is 428 g/mol. The van der Waals surface area contributed by atoms with Crippen LogP contribution >= 0.6 is 23.1 Å². The summed E-state index contributed by atoms with van der Waals surface area (Å²) in [4.78, 5) is 27.5. The fraction of sp³-hybridized carbons (Fsp3) is 0.200. The fourth-order valence-corrected chi connectivity index (χ4v) is 4.63. The molecule has 2 heterocycles. The highest BCUT2D eigenvalue weighted by molar-refractivity contribution is 7.98. The molecule has 1 fully saturated rings. The first-order valence-corrected chi connectivity index (χ1v) is 10.8. The summed E-state index contributed by atoms with van der Waals surface area (Å²) >= 11 is 2.97. The van der Waals surface area contributed by atoms with Gasteiger partial charge in [-0.3, -0.25) is 9.59 Å². The van der Waals surface area contributed by atoms with Crippen LogP contribution in [0.1, 0.15) is 11.4 Å². The number of nitrogens with zero attached hydrogens (tertiary/aromatic N) is 3. The van der Waals surface area contributed by atoms with Gasteiger partial charge in [0, 0.05) is 23.5 Å². The Morgan fingerprint density at radius 3 is 2.69 bits per heavy atom. The maximum atomic E-state index is 13.1. The van der Waals surface area contributed by atoms with E-state index in [9.17, 15) is 14.0 Å². The first kappa shape index (κ1) is 19.5. The van der Waals surface area contributed by atoms with Gasteiger partial charge < -0.3 is 10.2 Å². The molecule has 0 spiro atoms. The predicted octanol–water partition coefficient (Wildman–Crippen LogP) is 3.96. The Bertz CT molecular complexity index is 1010. The highest BCUT2D eigenvalue weighted by atomic mass is 32.2. The van der Waals surface area contributed by atoms with Gasteiger partial charge in [-0.1, -0.05) is 29.5 Å². The summed E-state index contributed by atoms with van der Waals surface area (Å²) in [6.45, 7) is 0.256. The largest absolute Gasteiger partial charge is 0.312 e. The van der Waals surface area contributed by atoms with Crippen molar-refractivity contribution in [3.8, 4) is 0 Å². The molecule has 9 heteroatoms. The molecular formula is C20H17FN4O2S2. The molecule has 1 N–H and O–H groups in total. The highest BCUT2D eigenvalue weighted by Gasteiger charge is 2.35. The van der Waals surface area contributed by atoms with E-state index in [2.05, 4.69) is 15.5 Å². The van der Waals surface area contributed by atoms with E-state index in [1.165, 1.54) is 40.5 Å². The van der Waals surface area contributed by atoms with E-state index in [0.29, 0.717) is 16.6 Å². The number of nitrogens with one attached hydrogen (secondary N) is 1. The number of hydrogen-bond acceptors (Lipinski definition) is 6. The molecule has 1 unspecified atom stereocenters. The zero-order chi connectivity index (χ0) is 20.2. The molecule has 0 radical (unpaired) electrons. The second-order valence-corrected chi connectivity index (χ2v) is 8.58. The van der Waals surface area contributed by atoms with Crippen LogP contribution in [0.5, 0.6) is 0 Å². The quantitative estimate of drug-likeness (QED) is 0.602. The number of carbonyl (C=O) groups excluding carboxylic acids is 2. The second-order valence-electron chi connectivity index (χ2n) is 6.47. The molecule has 1 aromatic heterocycles. The molecular weight excluding hydrogens is 411 g/mol. The third-order valence-electron chi connectivity index (χ3n) is 4.44. The normalized spacial score (nSPS) is 16.2. The summed E-state index contributed by atoms with van der Waals surface area (Å²) in [5.74, 6) is -0.612. The van der Waals surface area contributed by atoms with Crippen LogP contribution in [0.15, 0.2) is 59.5 Å². The van der Waals surface area contributed by atoms with Crippen molar-refractivity contribution < 1.29 is 14.0 Å². The lowest BCUT2D eigenvalue weighted by atomic mass is 10.1. The summed E-state index contributed by atoms with van der Waals surface area (Å²) in [5, 5.41) is 12.1. The average molecular weight is 429 g/mol. The number of benzene rings is 2. The number of aromatic nitrogens is 2. The predicted molar refractivity (Wildman–Crippen MR) is 111 cm³/mol. The summed E-state index contributed by atoms with van der Waals surface area (Å²) in [6.07, 6.45) is 0.110. The molecule has 0 bridgehead atoms. The van der Waals surface area contributed by atoms with Crippen LogP contribution in [0.25, 0.3) is 0 Å². The van der Waals surface area contributed by atoms with Crippen molar-refractivity contribution in [2.24, 2.45) is 5.92 Å². The number of hydrogen-bond donors (Lipinski definition) is 1. The van der Waals surface area contributed by atoms with Crippen LogP contribution in [0.3, 0.4) is 0 Å². The Morgan fingerprint density at radius 1 is 1.17 bits per heavy atom. The minimum absolute atomic E-state index is 0.110. The number of carbonyl (C=O) groups is 2. The molecule has 2 aromatic carbocycles. The van der Waals surface area contributed by atoms with Crippen LogP contribution in [0.2, 0.25) is 0 Å². The maximum Gasteiger partial charge on any atom is 0.231 e. The van der Waals surface area contributed by atoms with Crippen molar-refractivity contribution in [3.05, 3.63) is 65.4 Å². The molecule has 6 nitrogen and oxygen atoms in total. The zero-order valence-electron chi connectivity index (χ0n) is 15.2. The van der Waals surface area contributed by atoms with E-state index in [-0.39, 0.29) is 30.6 Å². The van der Waals surface area contributed by atoms with Crippen LogP contribution in [0, 0.1) is 11.7 Å². The third-order valence-corrected chi connectivity index (χ3v) is 6.48. The van der Waals surface area contributed by atoms with Crippen LogP contribution in [-0.4, -0.2) is 28.6 Å². The van der Waals surface area contributed by atoms with Crippen molar-refractivity contribution in [2.75, 3.05) is 16.8 Å². The maximum absolute atomic E-state index is 13.1. The van der Waals surface area contributed by atoms with Gasteiger partial charge in [0.25, 0.3) is 0 Å². The van der Waals surface area contributed by atoms with Crippen molar-refractivity contribution in [1.29, 1.82) is 0 Å².